The fourth-order valence-corrected chi connectivity index (χ4v) is 1.80. The maximum absolute atomic E-state index is 5.74. The van der Waals surface area contributed by atoms with Crippen molar-refractivity contribution in [3.05, 3.63) is 12.5 Å². The molecule has 2 rings (SSSR count). The number of rotatable bonds is 2. The van der Waals surface area contributed by atoms with E-state index in [1.807, 2.05) is 0 Å². The van der Waals surface area contributed by atoms with Crippen molar-refractivity contribution in [1.29, 1.82) is 0 Å². The SMILES string of the molecule is CN1CCCC(Oc2ncncc2N)C1. The van der Waals surface area contributed by atoms with E-state index in [2.05, 4.69) is 21.9 Å². The molecule has 0 aromatic carbocycles. The molecule has 0 saturated carbocycles. The first kappa shape index (κ1) is 10.2. The van der Waals surface area contributed by atoms with Gasteiger partial charge < -0.3 is 15.4 Å². The molecule has 2 N–H and O–H groups in total. The first-order valence-electron chi connectivity index (χ1n) is 5.16. The van der Waals surface area contributed by atoms with Gasteiger partial charge in [0.2, 0.25) is 5.88 Å². The predicted molar refractivity (Wildman–Crippen MR) is 57.6 cm³/mol. The molecule has 5 nitrogen and oxygen atoms in total. The van der Waals surface area contributed by atoms with Crippen LogP contribution < -0.4 is 10.5 Å². The second kappa shape index (κ2) is 4.44. The van der Waals surface area contributed by atoms with E-state index in [0.29, 0.717) is 11.6 Å². The number of likely N-dealkylation sites (N-methyl/N-ethyl adjacent to an activating group) is 1. The Balaban J connectivity index is 1.99. The van der Waals surface area contributed by atoms with Gasteiger partial charge in [0.05, 0.1) is 6.20 Å². The molecule has 2 heterocycles. The maximum Gasteiger partial charge on any atom is 0.240 e. The summed E-state index contributed by atoms with van der Waals surface area (Å²) in [4.78, 5) is 10.1. The summed E-state index contributed by atoms with van der Waals surface area (Å²) in [6.45, 7) is 2.07. The van der Waals surface area contributed by atoms with Crippen LogP contribution in [0, 0.1) is 0 Å². The zero-order valence-electron chi connectivity index (χ0n) is 8.89. The average Bonchev–Trinajstić information content (AvgIpc) is 2.22. The fraction of sp³-hybridized carbons (Fsp3) is 0.600. The Morgan fingerprint density at radius 1 is 1.60 bits per heavy atom. The van der Waals surface area contributed by atoms with Gasteiger partial charge in [-0.2, -0.15) is 4.98 Å². The Bertz CT molecular complexity index is 331. The summed E-state index contributed by atoms with van der Waals surface area (Å²) < 4.78 is 5.74. The number of aromatic nitrogens is 2. The summed E-state index contributed by atoms with van der Waals surface area (Å²) in [5.74, 6) is 0.505. The van der Waals surface area contributed by atoms with Crippen LogP contribution in [-0.2, 0) is 0 Å². The third-order valence-electron chi connectivity index (χ3n) is 2.56. The lowest BCUT2D eigenvalue weighted by atomic mass is 10.1. The van der Waals surface area contributed by atoms with E-state index in [1.54, 1.807) is 6.20 Å². The molecular formula is C10H16N4O. The van der Waals surface area contributed by atoms with Crippen molar-refractivity contribution in [3.63, 3.8) is 0 Å². The number of nitrogens with two attached hydrogens (primary N) is 1. The van der Waals surface area contributed by atoms with Gasteiger partial charge in [0.25, 0.3) is 0 Å². The van der Waals surface area contributed by atoms with Crippen molar-refractivity contribution in [3.8, 4) is 5.88 Å². The molecule has 0 bridgehead atoms. The normalized spacial score (nSPS) is 22.6. The van der Waals surface area contributed by atoms with Crippen LogP contribution in [0.25, 0.3) is 0 Å². The first-order valence-corrected chi connectivity index (χ1v) is 5.16. The third-order valence-corrected chi connectivity index (χ3v) is 2.56. The zero-order valence-corrected chi connectivity index (χ0v) is 8.89. The molecule has 0 spiro atoms. The molecule has 5 heteroatoms. The highest BCUT2D eigenvalue weighted by molar-refractivity contribution is 5.44. The van der Waals surface area contributed by atoms with E-state index in [4.69, 9.17) is 10.5 Å². The van der Waals surface area contributed by atoms with Gasteiger partial charge in [-0.25, -0.2) is 4.98 Å². The van der Waals surface area contributed by atoms with Crippen LogP contribution in [0.3, 0.4) is 0 Å². The van der Waals surface area contributed by atoms with Crippen molar-refractivity contribution >= 4 is 5.69 Å². The molecule has 1 saturated heterocycles. The van der Waals surface area contributed by atoms with Crippen molar-refractivity contribution in [2.45, 2.75) is 18.9 Å². The molecule has 1 aromatic heterocycles. The highest BCUT2D eigenvalue weighted by atomic mass is 16.5. The van der Waals surface area contributed by atoms with Gasteiger partial charge in [-0.05, 0) is 26.4 Å². The predicted octanol–water partition coefficient (Wildman–Crippen LogP) is 0.532. The molecule has 15 heavy (non-hydrogen) atoms. The molecule has 1 atom stereocenters. The van der Waals surface area contributed by atoms with Crippen molar-refractivity contribution < 1.29 is 4.74 Å². The smallest absolute Gasteiger partial charge is 0.240 e. The van der Waals surface area contributed by atoms with E-state index >= 15 is 0 Å². The molecular weight excluding hydrogens is 192 g/mol. The van der Waals surface area contributed by atoms with Gasteiger partial charge in [0, 0.05) is 6.54 Å². The molecule has 82 valence electrons. The minimum absolute atomic E-state index is 0.195. The van der Waals surface area contributed by atoms with Crippen molar-refractivity contribution in [2.24, 2.45) is 0 Å². The Morgan fingerprint density at radius 2 is 2.47 bits per heavy atom. The lowest BCUT2D eigenvalue weighted by Gasteiger charge is -2.29. The second-order valence-electron chi connectivity index (χ2n) is 3.93. The number of likely N-dealkylation sites (tertiary alicyclic amines) is 1. The van der Waals surface area contributed by atoms with Crippen LogP contribution in [0.5, 0.6) is 5.88 Å². The number of hydrogen-bond acceptors (Lipinski definition) is 5. The number of ether oxygens (including phenoxy) is 1. The topological polar surface area (TPSA) is 64.3 Å². The summed E-state index contributed by atoms with van der Waals surface area (Å²) in [6, 6.07) is 0. The van der Waals surface area contributed by atoms with Crippen molar-refractivity contribution in [1.82, 2.24) is 14.9 Å². The van der Waals surface area contributed by atoms with Gasteiger partial charge in [-0.3, -0.25) is 0 Å². The number of hydrogen-bond donors (Lipinski definition) is 1. The molecule has 1 fully saturated rings. The lowest BCUT2D eigenvalue weighted by Crippen LogP contribution is -2.38. The van der Waals surface area contributed by atoms with Crippen LogP contribution >= 0.6 is 0 Å². The quantitative estimate of drug-likeness (QED) is 0.768. The van der Waals surface area contributed by atoms with Gasteiger partial charge in [-0.15, -0.1) is 0 Å². The van der Waals surface area contributed by atoms with Gasteiger partial charge in [-0.1, -0.05) is 0 Å². The Kier molecular flexibility index (Phi) is 3.01. The minimum atomic E-state index is 0.195. The van der Waals surface area contributed by atoms with Crippen LogP contribution in [-0.4, -0.2) is 41.1 Å². The summed E-state index contributed by atoms with van der Waals surface area (Å²) in [5, 5.41) is 0. The van der Waals surface area contributed by atoms with Gasteiger partial charge in [0.1, 0.15) is 18.1 Å². The summed E-state index contributed by atoms with van der Waals surface area (Å²) in [6.07, 6.45) is 5.44. The number of nitrogen functional groups attached to an aromatic ring is 1. The van der Waals surface area contributed by atoms with E-state index in [9.17, 15) is 0 Å². The first-order chi connectivity index (χ1) is 7.25. The van der Waals surface area contributed by atoms with Crippen LogP contribution in [0.2, 0.25) is 0 Å². The standard InChI is InChI=1S/C10H16N4O/c1-14-4-2-3-8(6-14)15-10-9(11)5-12-7-13-10/h5,7-8H,2-4,6,11H2,1H3. The Hall–Kier alpha value is -1.36. The number of nitrogens with zero attached hydrogens (tertiary/aromatic N) is 3. The van der Waals surface area contributed by atoms with Crippen LogP contribution in [0.4, 0.5) is 5.69 Å². The van der Waals surface area contributed by atoms with E-state index < -0.39 is 0 Å². The van der Waals surface area contributed by atoms with Crippen LogP contribution in [0.1, 0.15) is 12.8 Å². The monoisotopic (exact) mass is 208 g/mol. The fourth-order valence-electron chi connectivity index (χ4n) is 1.80. The molecule has 1 aromatic rings. The molecule has 1 aliphatic heterocycles. The average molecular weight is 208 g/mol. The lowest BCUT2D eigenvalue weighted by molar-refractivity contribution is 0.101. The van der Waals surface area contributed by atoms with Gasteiger partial charge >= 0.3 is 0 Å². The van der Waals surface area contributed by atoms with Gasteiger partial charge in [0.15, 0.2) is 0 Å². The van der Waals surface area contributed by atoms with E-state index in [1.165, 1.54) is 6.33 Å². The molecule has 0 radical (unpaired) electrons. The highest BCUT2D eigenvalue weighted by Gasteiger charge is 2.19. The van der Waals surface area contributed by atoms with E-state index in [-0.39, 0.29) is 6.10 Å². The molecule has 0 amide bonds. The molecule has 1 unspecified atom stereocenters. The number of piperidine rings is 1. The van der Waals surface area contributed by atoms with Crippen molar-refractivity contribution in [2.75, 3.05) is 25.9 Å². The summed E-state index contributed by atoms with van der Waals surface area (Å²) in [5.41, 5.74) is 6.21. The summed E-state index contributed by atoms with van der Waals surface area (Å²) in [7, 11) is 2.10. The highest BCUT2D eigenvalue weighted by Crippen LogP contribution is 2.20. The Labute approximate surface area is 89.3 Å². The largest absolute Gasteiger partial charge is 0.471 e. The molecule has 1 aliphatic rings. The van der Waals surface area contributed by atoms with E-state index in [0.717, 1.165) is 25.9 Å². The maximum atomic E-state index is 5.74. The third kappa shape index (κ3) is 2.56. The zero-order chi connectivity index (χ0) is 10.7. The van der Waals surface area contributed by atoms with Crippen LogP contribution in [0.15, 0.2) is 12.5 Å². The molecule has 0 aliphatic carbocycles. The summed E-state index contributed by atoms with van der Waals surface area (Å²) >= 11 is 0. The second-order valence-corrected chi connectivity index (χ2v) is 3.93. The number of anilines is 1. The Morgan fingerprint density at radius 3 is 3.20 bits per heavy atom. The minimum Gasteiger partial charge on any atom is -0.471 e.